The molecule has 23 heavy (non-hydrogen) atoms. The molecule has 0 spiro atoms. The molecule has 1 N–H and O–H groups in total. The molecule has 0 bridgehead atoms. The van der Waals surface area contributed by atoms with Gasteiger partial charge in [-0.3, -0.25) is 4.79 Å². The number of nitrogens with one attached hydrogen (secondary N) is 1. The minimum atomic E-state index is -0.714. The third-order valence-corrected chi connectivity index (χ3v) is 3.38. The number of benzene rings is 1. The van der Waals surface area contributed by atoms with Crippen molar-refractivity contribution in [3.8, 4) is 0 Å². The molecule has 0 unspecified atom stereocenters. The smallest absolute Gasteiger partial charge is 0.377 e. The summed E-state index contributed by atoms with van der Waals surface area (Å²) in [6.45, 7) is 6.32. The zero-order valence-corrected chi connectivity index (χ0v) is 13.5. The molecule has 0 atom stereocenters. The minimum Gasteiger partial charge on any atom is -0.493 e. The largest absolute Gasteiger partial charge is 0.493 e. The van der Waals surface area contributed by atoms with Gasteiger partial charge in [-0.2, -0.15) is 0 Å². The van der Waals surface area contributed by atoms with E-state index in [4.69, 9.17) is 14.2 Å². The molecular formula is C17H21NO5. The normalized spacial score (nSPS) is 13.7. The number of ether oxygens (including phenoxy) is 3. The van der Waals surface area contributed by atoms with Crippen molar-refractivity contribution >= 4 is 17.6 Å². The molecule has 6 heteroatoms. The second kappa shape index (κ2) is 7.67. The highest BCUT2D eigenvalue weighted by molar-refractivity contribution is 5.95. The van der Waals surface area contributed by atoms with Gasteiger partial charge < -0.3 is 19.5 Å². The third kappa shape index (κ3) is 4.48. The topological polar surface area (TPSA) is 73.9 Å². The van der Waals surface area contributed by atoms with Crippen LogP contribution >= 0.6 is 0 Å². The Hall–Kier alpha value is -2.50. The van der Waals surface area contributed by atoms with Crippen molar-refractivity contribution in [3.63, 3.8) is 0 Å². The molecule has 1 aliphatic heterocycles. The van der Waals surface area contributed by atoms with Crippen LogP contribution in [0.3, 0.4) is 0 Å². The molecule has 0 saturated carbocycles. The lowest BCUT2D eigenvalue weighted by atomic mass is 9.98. The van der Waals surface area contributed by atoms with Crippen LogP contribution in [0.4, 0.5) is 5.69 Å². The average Bonchev–Trinajstić information content (AvgIpc) is 2.55. The fourth-order valence-electron chi connectivity index (χ4n) is 2.20. The summed E-state index contributed by atoms with van der Waals surface area (Å²) < 4.78 is 15.0. The second-order valence-corrected chi connectivity index (χ2v) is 5.52. The molecule has 0 saturated heterocycles. The van der Waals surface area contributed by atoms with Crippen LogP contribution in [0.15, 0.2) is 30.2 Å². The third-order valence-electron chi connectivity index (χ3n) is 3.38. The molecule has 0 aromatic heterocycles. The van der Waals surface area contributed by atoms with Crippen LogP contribution in [0.25, 0.3) is 0 Å². The van der Waals surface area contributed by atoms with Gasteiger partial charge in [-0.05, 0) is 24.0 Å². The maximum Gasteiger partial charge on any atom is 0.377 e. The first-order valence-corrected chi connectivity index (χ1v) is 7.50. The first-order valence-electron chi connectivity index (χ1n) is 7.50. The highest BCUT2D eigenvalue weighted by Crippen LogP contribution is 2.27. The van der Waals surface area contributed by atoms with Gasteiger partial charge in [0.15, 0.2) is 6.61 Å². The Labute approximate surface area is 135 Å². The number of carbonyl (C=O) groups is 2. The Morgan fingerprint density at radius 2 is 2.09 bits per heavy atom. The summed E-state index contributed by atoms with van der Waals surface area (Å²) in [4.78, 5) is 23.8. The van der Waals surface area contributed by atoms with E-state index in [-0.39, 0.29) is 24.9 Å². The van der Waals surface area contributed by atoms with Gasteiger partial charge in [-0.15, -0.1) is 0 Å². The Balaban J connectivity index is 1.95. The molecule has 1 heterocycles. The first kappa shape index (κ1) is 16.9. The molecule has 2 rings (SSSR count). The van der Waals surface area contributed by atoms with E-state index in [2.05, 4.69) is 19.2 Å². The Bertz CT molecular complexity index is 621. The monoisotopic (exact) mass is 319 g/mol. The number of aryl methyl sites for hydroxylation is 1. The van der Waals surface area contributed by atoms with Gasteiger partial charge in [0.2, 0.25) is 5.76 Å². The summed E-state index contributed by atoms with van der Waals surface area (Å²) in [6, 6.07) is 5.84. The molecule has 1 aromatic carbocycles. The van der Waals surface area contributed by atoms with Crippen LogP contribution in [0.2, 0.25) is 0 Å². The van der Waals surface area contributed by atoms with Crippen molar-refractivity contribution in [3.05, 3.63) is 41.3 Å². The Morgan fingerprint density at radius 3 is 2.74 bits per heavy atom. The summed E-state index contributed by atoms with van der Waals surface area (Å²) >= 11 is 0. The number of rotatable bonds is 5. The molecular weight excluding hydrogens is 298 g/mol. The fourth-order valence-corrected chi connectivity index (χ4v) is 2.20. The minimum absolute atomic E-state index is 0.0252. The quantitative estimate of drug-likeness (QED) is 0.844. The van der Waals surface area contributed by atoms with E-state index in [0.717, 1.165) is 16.8 Å². The van der Waals surface area contributed by atoms with E-state index in [1.807, 2.05) is 25.1 Å². The lowest BCUT2D eigenvalue weighted by Crippen LogP contribution is -2.24. The van der Waals surface area contributed by atoms with Gasteiger partial charge in [0.05, 0.1) is 0 Å². The number of hydrogen-bond acceptors (Lipinski definition) is 5. The average molecular weight is 319 g/mol. The van der Waals surface area contributed by atoms with Gasteiger partial charge in [0.1, 0.15) is 19.5 Å². The van der Waals surface area contributed by atoms with Crippen molar-refractivity contribution in [1.29, 1.82) is 0 Å². The van der Waals surface area contributed by atoms with Crippen LogP contribution in [0, 0.1) is 6.92 Å². The number of para-hydroxylation sites is 1. The zero-order valence-electron chi connectivity index (χ0n) is 13.5. The van der Waals surface area contributed by atoms with Crippen LogP contribution in [-0.4, -0.2) is 31.7 Å². The lowest BCUT2D eigenvalue weighted by molar-refractivity contribution is -0.148. The molecule has 1 amide bonds. The number of carbonyl (C=O) groups excluding carboxylic acids is 2. The standard InChI is InChI=1S/C17H21NO5/c1-11(2)13-6-4-5-12(3)16(13)18-15(19)10-23-17(20)14-9-21-7-8-22-14/h4-6,9,11H,7-8,10H2,1-3H3,(H,18,19). The van der Waals surface area contributed by atoms with Crippen molar-refractivity contribution in [1.82, 2.24) is 0 Å². The van der Waals surface area contributed by atoms with Gasteiger partial charge in [0.25, 0.3) is 5.91 Å². The molecule has 0 aliphatic carbocycles. The summed E-state index contributed by atoms with van der Waals surface area (Å²) in [5.41, 5.74) is 2.76. The van der Waals surface area contributed by atoms with Crippen molar-refractivity contribution in [2.45, 2.75) is 26.7 Å². The Kier molecular flexibility index (Phi) is 5.62. The van der Waals surface area contributed by atoms with E-state index in [9.17, 15) is 9.59 Å². The molecule has 1 aromatic rings. The van der Waals surface area contributed by atoms with Gasteiger partial charge in [-0.25, -0.2) is 4.79 Å². The van der Waals surface area contributed by atoms with E-state index in [1.165, 1.54) is 6.26 Å². The number of esters is 1. The number of anilines is 1. The molecule has 0 fully saturated rings. The summed E-state index contributed by atoms with van der Waals surface area (Å²) in [6.07, 6.45) is 1.20. The van der Waals surface area contributed by atoms with Crippen molar-refractivity contribution in [2.75, 3.05) is 25.1 Å². The SMILES string of the molecule is Cc1cccc(C(C)C)c1NC(=O)COC(=O)C1=COCCO1. The lowest BCUT2D eigenvalue weighted by Gasteiger charge is -2.17. The predicted molar refractivity (Wildman–Crippen MR) is 84.8 cm³/mol. The number of hydrogen-bond donors (Lipinski definition) is 1. The molecule has 0 radical (unpaired) electrons. The van der Waals surface area contributed by atoms with Gasteiger partial charge in [0, 0.05) is 5.69 Å². The fraction of sp³-hybridized carbons (Fsp3) is 0.412. The van der Waals surface area contributed by atoms with Gasteiger partial charge >= 0.3 is 5.97 Å². The van der Waals surface area contributed by atoms with Crippen LogP contribution in [0.5, 0.6) is 0 Å². The molecule has 6 nitrogen and oxygen atoms in total. The molecule has 1 aliphatic rings. The summed E-state index contributed by atoms with van der Waals surface area (Å²) in [7, 11) is 0. The zero-order chi connectivity index (χ0) is 16.8. The van der Waals surface area contributed by atoms with E-state index < -0.39 is 11.9 Å². The first-order chi connectivity index (χ1) is 11.0. The Morgan fingerprint density at radius 1 is 1.30 bits per heavy atom. The van der Waals surface area contributed by atoms with Crippen LogP contribution < -0.4 is 5.32 Å². The van der Waals surface area contributed by atoms with E-state index in [0.29, 0.717) is 6.61 Å². The predicted octanol–water partition coefficient (Wildman–Crippen LogP) is 2.49. The van der Waals surface area contributed by atoms with Crippen LogP contribution in [-0.2, 0) is 23.8 Å². The highest BCUT2D eigenvalue weighted by atomic mass is 16.6. The van der Waals surface area contributed by atoms with Crippen LogP contribution in [0.1, 0.15) is 30.9 Å². The maximum atomic E-state index is 12.0. The van der Waals surface area contributed by atoms with E-state index in [1.54, 1.807) is 0 Å². The maximum absolute atomic E-state index is 12.0. The molecule has 124 valence electrons. The summed E-state index contributed by atoms with van der Waals surface area (Å²) in [5.74, 6) is -0.867. The number of amides is 1. The highest BCUT2D eigenvalue weighted by Gasteiger charge is 2.19. The van der Waals surface area contributed by atoms with Crippen molar-refractivity contribution in [2.24, 2.45) is 0 Å². The summed E-state index contributed by atoms with van der Waals surface area (Å²) in [5, 5.41) is 2.81. The second-order valence-electron chi connectivity index (χ2n) is 5.52. The van der Waals surface area contributed by atoms with E-state index >= 15 is 0 Å². The van der Waals surface area contributed by atoms with Crippen molar-refractivity contribution < 1.29 is 23.8 Å². The van der Waals surface area contributed by atoms with Gasteiger partial charge in [-0.1, -0.05) is 32.0 Å².